The fraction of sp³-hybridized carbons (Fsp3) is 0.500. The van der Waals surface area contributed by atoms with Crippen molar-refractivity contribution in [3.05, 3.63) is 0 Å². The summed E-state index contributed by atoms with van der Waals surface area (Å²) in [5.74, 6) is 0. The summed E-state index contributed by atoms with van der Waals surface area (Å²) >= 11 is 16.2. The first-order valence-electron chi connectivity index (χ1n) is 4.25. The third-order valence-electron chi connectivity index (χ3n) is 1.26. The standard InChI is InChI=1S/2C4H6O3S2.Au.Na.H2O/c2*5-2(4(7)9)1-3(6)8;;;/h2*2,5H,1H2,(H,6,8)(H,7,9);;;1H2/q;;+3;+1;/p-4. The Labute approximate surface area is 181 Å². The Bertz CT molecular complexity index is 313. The number of carbonyl (C=O) groups is 4. The molecule has 2 atom stereocenters. The first-order chi connectivity index (χ1) is 8.07. The van der Waals surface area contributed by atoms with E-state index in [1.165, 1.54) is 0 Å². The van der Waals surface area contributed by atoms with Gasteiger partial charge in [-0.15, -0.1) is 0 Å². The summed E-state index contributed by atoms with van der Waals surface area (Å²) < 4.78 is 0. The average Bonchev–Trinajstić information content (AvgIpc) is 2.16. The molecule has 0 saturated carbocycles. The van der Waals surface area contributed by atoms with Gasteiger partial charge < -0.3 is 85.4 Å². The molecule has 0 radical (unpaired) electrons. The van der Waals surface area contributed by atoms with Crippen molar-refractivity contribution in [1.82, 2.24) is 0 Å². The molecule has 0 aromatic carbocycles. The second kappa shape index (κ2) is 19.2. The molecule has 4 N–H and O–H groups in total. The molecule has 0 rings (SSSR count). The van der Waals surface area contributed by atoms with Crippen LogP contribution in [0.15, 0.2) is 0 Å². The van der Waals surface area contributed by atoms with E-state index in [0.717, 1.165) is 0 Å². The normalized spacial score (nSPS) is 10.8. The zero-order valence-electron chi connectivity index (χ0n) is 10.5. The maximum Gasteiger partial charge on any atom is 3.00 e. The summed E-state index contributed by atoms with van der Waals surface area (Å²) in [5.41, 5.74) is 0. The van der Waals surface area contributed by atoms with Crippen LogP contribution in [0.2, 0.25) is 0 Å². The molecule has 0 aliphatic heterocycles. The minimum atomic E-state index is -1.38. The van der Waals surface area contributed by atoms with Crippen molar-refractivity contribution in [1.29, 1.82) is 0 Å². The largest absolute Gasteiger partial charge is 3.00 e. The Hall–Kier alpha value is 1.18. The second-order valence-corrected chi connectivity index (χ2v) is 4.54. The van der Waals surface area contributed by atoms with Crippen molar-refractivity contribution in [2.75, 3.05) is 0 Å². The molecule has 0 saturated heterocycles. The van der Waals surface area contributed by atoms with Gasteiger partial charge >= 0.3 is 51.9 Å². The number of aliphatic hydroxyl groups is 2. The van der Waals surface area contributed by atoms with Crippen molar-refractivity contribution in [3.63, 3.8) is 0 Å². The van der Waals surface area contributed by atoms with Gasteiger partial charge in [-0.25, -0.2) is 0 Å². The van der Waals surface area contributed by atoms with Gasteiger partial charge in [0, 0.05) is 33.3 Å². The quantitative estimate of drug-likeness (QED) is 0.236. The Balaban J connectivity index is -0.0000000711. The van der Waals surface area contributed by atoms with Crippen LogP contribution in [0.5, 0.6) is 0 Å². The van der Waals surface area contributed by atoms with Crippen molar-refractivity contribution in [2.45, 2.75) is 25.0 Å². The van der Waals surface area contributed by atoms with E-state index in [1.807, 2.05) is 0 Å². The van der Waals surface area contributed by atoms with Crippen LogP contribution in [0.25, 0.3) is 0 Å². The summed E-state index contributed by atoms with van der Waals surface area (Å²) in [5, 5.41) is 14.1. The van der Waals surface area contributed by atoms with E-state index in [2.05, 4.69) is 50.5 Å². The van der Waals surface area contributed by atoms with Gasteiger partial charge in [0.1, 0.15) is 0 Å². The van der Waals surface area contributed by atoms with Crippen LogP contribution in [-0.4, -0.2) is 48.4 Å². The molecule has 0 aromatic rings. The summed E-state index contributed by atoms with van der Waals surface area (Å²) in [4.78, 5) is 40.1. The monoisotopic (exact) mass is 566 g/mol. The number of aliphatic hydroxyl groups excluding tert-OH is 2. The van der Waals surface area contributed by atoms with E-state index in [9.17, 15) is 19.2 Å². The smallest absolute Gasteiger partial charge is 0.742 e. The molecule has 7 nitrogen and oxygen atoms in total. The summed E-state index contributed by atoms with van der Waals surface area (Å²) in [6.45, 7) is 0. The number of hydrogen-bond acceptors (Lipinski definition) is 10. The van der Waals surface area contributed by atoms with Gasteiger partial charge in [0.25, 0.3) is 0 Å². The summed E-state index contributed by atoms with van der Waals surface area (Å²) in [6, 6.07) is 0. The molecule has 0 aromatic heterocycles. The molecule has 0 amide bonds. The van der Waals surface area contributed by atoms with Crippen LogP contribution in [0.1, 0.15) is 12.8 Å². The fourth-order valence-electron chi connectivity index (χ4n) is 0.482. The van der Waals surface area contributed by atoms with Crippen LogP contribution < -0.4 is 29.6 Å². The Morgan fingerprint density at radius 2 is 0.952 bits per heavy atom. The number of carbonyl (C=O) groups excluding carboxylic acids is 4. The van der Waals surface area contributed by atoms with Crippen LogP contribution in [0, 0.1) is 0 Å². The number of rotatable bonds is 6. The van der Waals surface area contributed by atoms with E-state index in [0.29, 0.717) is 0 Å². The molecule has 21 heavy (non-hydrogen) atoms. The van der Waals surface area contributed by atoms with Gasteiger partial charge in [0.2, 0.25) is 0 Å². The zero-order chi connectivity index (χ0) is 14.9. The van der Waals surface area contributed by atoms with Crippen molar-refractivity contribution in [2.24, 2.45) is 0 Å². The Kier molecular flexibility index (Phi) is 30.9. The predicted octanol–water partition coefficient (Wildman–Crippen LogP) is -6.05. The first-order valence-corrected chi connectivity index (χ1v) is 5.88. The zero-order valence-corrected chi connectivity index (χ0v) is 18.0. The van der Waals surface area contributed by atoms with Gasteiger partial charge in [-0.05, 0) is 0 Å². The molecule has 13 heteroatoms. The fourth-order valence-corrected chi connectivity index (χ4v) is 0.965. The first kappa shape index (κ1) is 33.7. The van der Waals surface area contributed by atoms with Crippen molar-refractivity contribution >= 4 is 71.0 Å². The maximum atomic E-state index is 10.0. The topological polar surface area (TPSA) is 140 Å². The number of hydrogen-bond donors (Lipinski definition) is 2. The minimum Gasteiger partial charge on any atom is -0.742 e. The van der Waals surface area contributed by atoms with E-state index in [1.54, 1.807) is 0 Å². The van der Waals surface area contributed by atoms with Crippen molar-refractivity contribution < 1.29 is 86.8 Å². The van der Waals surface area contributed by atoms with Gasteiger partial charge in [-0.2, -0.15) is 0 Å². The SMILES string of the molecule is O.O=C([S-])CC(O)C(=O)[S-].O=C([S-])CC(O)C(=O)[S-].[Au+3].[Na+]. The van der Waals surface area contributed by atoms with Gasteiger partial charge in [0.15, 0.2) is 0 Å². The maximum absolute atomic E-state index is 10.0. The van der Waals surface area contributed by atoms with Crippen LogP contribution >= 0.6 is 0 Å². The molecular formula is C8H10AuNaO7S4. The third kappa shape index (κ3) is 26.4. The summed E-state index contributed by atoms with van der Waals surface area (Å²) in [6.07, 6.45) is -3.47. The van der Waals surface area contributed by atoms with Crippen LogP contribution in [0.4, 0.5) is 0 Å². The molecule has 0 fully saturated rings. The third-order valence-corrected chi connectivity index (χ3v) is 2.14. The molecule has 0 aliphatic carbocycles. The van der Waals surface area contributed by atoms with Crippen molar-refractivity contribution in [3.8, 4) is 0 Å². The van der Waals surface area contributed by atoms with Gasteiger partial charge in [-0.3, -0.25) is 0 Å². The molecule has 0 spiro atoms. The van der Waals surface area contributed by atoms with Gasteiger partial charge in [0.05, 0.1) is 12.2 Å². The molecule has 2 unspecified atom stereocenters. The molecule has 120 valence electrons. The van der Waals surface area contributed by atoms with E-state index < -0.39 is 32.7 Å². The molecule has 0 heterocycles. The predicted molar refractivity (Wildman–Crippen MR) is 74.3 cm³/mol. The van der Waals surface area contributed by atoms with E-state index >= 15 is 0 Å². The molecular weight excluding hydrogens is 556 g/mol. The Morgan fingerprint density at radius 1 is 0.762 bits per heavy atom. The molecule has 0 bridgehead atoms. The molecule has 0 aliphatic rings. The van der Waals surface area contributed by atoms with Crippen LogP contribution in [0.3, 0.4) is 0 Å². The average molecular weight is 566 g/mol. The van der Waals surface area contributed by atoms with E-state index in [4.69, 9.17) is 10.2 Å². The second-order valence-electron chi connectivity index (χ2n) is 2.82. The minimum absolute atomic E-state index is 0. The van der Waals surface area contributed by atoms with Gasteiger partial charge in [-0.1, -0.05) is 0 Å². The summed E-state index contributed by atoms with van der Waals surface area (Å²) in [7, 11) is 0. The van der Waals surface area contributed by atoms with E-state index in [-0.39, 0.29) is 70.3 Å². The Morgan fingerprint density at radius 3 is 1.00 bits per heavy atom. The van der Waals surface area contributed by atoms with Crippen LogP contribution in [-0.2, 0) is 92.1 Å².